The van der Waals surface area contributed by atoms with Crippen molar-refractivity contribution in [3.8, 4) is 10.8 Å². The molecular formula is C12H9N3O5S. The maximum atomic E-state index is 12.3. The maximum absolute atomic E-state index is 12.3. The summed E-state index contributed by atoms with van der Waals surface area (Å²) in [5.74, 6) is -0.915. The molecule has 108 valence electrons. The van der Waals surface area contributed by atoms with E-state index in [-0.39, 0.29) is 5.39 Å². The first kappa shape index (κ1) is 13.3. The molecule has 0 aliphatic rings. The molecular weight excluding hydrogens is 298 g/mol. The molecule has 0 bridgehead atoms. The van der Waals surface area contributed by atoms with Gasteiger partial charge in [-0.15, -0.1) is 11.3 Å². The number of fused-ring (bicyclic) bond motifs is 1. The van der Waals surface area contributed by atoms with Crippen molar-refractivity contribution in [3.63, 3.8) is 0 Å². The average Bonchev–Trinajstić information content (AvgIpc) is 3.02. The molecule has 0 saturated carbocycles. The fourth-order valence-electron chi connectivity index (χ4n) is 2.07. The van der Waals surface area contributed by atoms with Gasteiger partial charge in [-0.3, -0.25) is 14.6 Å². The number of carboxylic acids is 1. The number of H-pyrrole nitrogens is 1. The van der Waals surface area contributed by atoms with Gasteiger partial charge in [0.1, 0.15) is 17.6 Å². The summed E-state index contributed by atoms with van der Waals surface area (Å²) in [5, 5.41) is 9.05. The van der Waals surface area contributed by atoms with Gasteiger partial charge in [0.2, 0.25) is 5.89 Å². The van der Waals surface area contributed by atoms with Gasteiger partial charge < -0.3 is 9.52 Å². The van der Waals surface area contributed by atoms with E-state index in [0.717, 1.165) is 11.3 Å². The summed E-state index contributed by atoms with van der Waals surface area (Å²) in [6.45, 7) is 1.01. The minimum absolute atomic E-state index is 0.272. The molecule has 3 aromatic rings. The van der Waals surface area contributed by atoms with E-state index in [2.05, 4.69) is 9.97 Å². The molecule has 0 unspecified atom stereocenters. The molecule has 9 heteroatoms. The van der Waals surface area contributed by atoms with Crippen LogP contribution >= 0.6 is 11.3 Å². The van der Waals surface area contributed by atoms with Gasteiger partial charge in [0, 0.05) is 0 Å². The normalized spacial score (nSPS) is 11.1. The summed E-state index contributed by atoms with van der Waals surface area (Å²) in [4.78, 5) is 42.4. The van der Waals surface area contributed by atoms with E-state index in [4.69, 9.17) is 9.52 Å². The Labute approximate surface area is 120 Å². The van der Waals surface area contributed by atoms with Crippen molar-refractivity contribution in [2.45, 2.75) is 13.5 Å². The molecule has 3 aromatic heterocycles. The van der Waals surface area contributed by atoms with E-state index < -0.39 is 23.8 Å². The third-order valence-electron chi connectivity index (χ3n) is 2.99. The molecule has 0 atom stereocenters. The number of hydrogen-bond donors (Lipinski definition) is 2. The molecule has 0 fully saturated rings. The second-order valence-corrected chi connectivity index (χ2v) is 5.33. The lowest BCUT2D eigenvalue weighted by atomic mass is 10.2. The topological polar surface area (TPSA) is 118 Å². The molecule has 0 aromatic carbocycles. The van der Waals surface area contributed by atoms with E-state index in [0.29, 0.717) is 25.7 Å². The lowest BCUT2D eigenvalue weighted by molar-refractivity contribution is -0.137. The summed E-state index contributed by atoms with van der Waals surface area (Å²) in [6.07, 6.45) is 2.88. The van der Waals surface area contributed by atoms with Gasteiger partial charge in [0.15, 0.2) is 0 Å². The quantitative estimate of drug-likeness (QED) is 0.739. The standard InChI is InChI=1S/C12H9N3O5S/c1-5-7-10(21-8(5)9-13-2-3-20-9)14-12(19)15(11(7)18)4-6(16)17/h2-3H,4H2,1H3,(H,14,19)(H,16,17). The first-order chi connectivity index (χ1) is 9.99. The van der Waals surface area contributed by atoms with Gasteiger partial charge in [-0.1, -0.05) is 0 Å². The number of aryl methyl sites for hydroxylation is 1. The Balaban J connectivity index is 2.34. The molecule has 8 nitrogen and oxygen atoms in total. The zero-order chi connectivity index (χ0) is 15.1. The van der Waals surface area contributed by atoms with Gasteiger partial charge in [0.25, 0.3) is 5.56 Å². The van der Waals surface area contributed by atoms with E-state index >= 15 is 0 Å². The van der Waals surface area contributed by atoms with Crippen molar-refractivity contribution in [2.75, 3.05) is 0 Å². The largest absolute Gasteiger partial charge is 0.480 e. The Bertz CT molecular complexity index is 948. The first-order valence-electron chi connectivity index (χ1n) is 5.87. The van der Waals surface area contributed by atoms with Crippen molar-refractivity contribution in [1.82, 2.24) is 14.5 Å². The highest BCUT2D eigenvalue weighted by molar-refractivity contribution is 7.22. The van der Waals surface area contributed by atoms with Crippen LogP contribution in [0.1, 0.15) is 5.56 Å². The summed E-state index contributed by atoms with van der Waals surface area (Å²) >= 11 is 1.16. The molecule has 0 spiro atoms. The number of aromatic amines is 1. The van der Waals surface area contributed by atoms with Crippen LogP contribution in [0.3, 0.4) is 0 Å². The number of thiophene rings is 1. The maximum Gasteiger partial charge on any atom is 0.329 e. The number of oxazole rings is 1. The van der Waals surface area contributed by atoms with Gasteiger partial charge in [-0.2, -0.15) is 0 Å². The SMILES string of the molecule is Cc1c(-c2ncco2)sc2[nH]c(=O)n(CC(=O)O)c(=O)c12. The average molecular weight is 307 g/mol. The highest BCUT2D eigenvalue weighted by atomic mass is 32.1. The van der Waals surface area contributed by atoms with E-state index in [1.165, 1.54) is 12.5 Å². The Hall–Kier alpha value is -2.68. The third-order valence-corrected chi connectivity index (χ3v) is 4.19. The molecule has 3 rings (SSSR count). The lowest BCUT2D eigenvalue weighted by Crippen LogP contribution is -2.37. The van der Waals surface area contributed by atoms with Crippen molar-refractivity contribution in [2.24, 2.45) is 0 Å². The molecule has 0 aliphatic heterocycles. The minimum atomic E-state index is -1.26. The molecule has 3 heterocycles. The number of nitrogens with zero attached hydrogens (tertiary/aromatic N) is 2. The second-order valence-electron chi connectivity index (χ2n) is 4.31. The molecule has 0 saturated heterocycles. The van der Waals surface area contributed by atoms with E-state index in [9.17, 15) is 14.4 Å². The predicted molar refractivity (Wildman–Crippen MR) is 74.6 cm³/mol. The van der Waals surface area contributed by atoms with Gasteiger partial charge in [-0.25, -0.2) is 14.3 Å². The molecule has 0 radical (unpaired) electrons. The molecule has 21 heavy (non-hydrogen) atoms. The van der Waals surface area contributed by atoms with Crippen molar-refractivity contribution in [1.29, 1.82) is 0 Å². The van der Waals surface area contributed by atoms with Crippen LogP contribution in [-0.2, 0) is 11.3 Å². The summed E-state index contributed by atoms with van der Waals surface area (Å²) in [7, 11) is 0. The van der Waals surface area contributed by atoms with Gasteiger partial charge in [-0.05, 0) is 12.5 Å². The van der Waals surface area contributed by atoms with Crippen LogP contribution in [0.4, 0.5) is 0 Å². The smallest absolute Gasteiger partial charge is 0.329 e. The zero-order valence-electron chi connectivity index (χ0n) is 10.7. The first-order valence-corrected chi connectivity index (χ1v) is 6.68. The van der Waals surface area contributed by atoms with Gasteiger partial charge >= 0.3 is 11.7 Å². The lowest BCUT2D eigenvalue weighted by Gasteiger charge is -2.01. The number of aromatic nitrogens is 3. The fraction of sp³-hybridized carbons (Fsp3) is 0.167. The Morgan fingerprint density at radius 3 is 2.90 bits per heavy atom. The summed E-state index contributed by atoms with van der Waals surface area (Å²) < 4.78 is 5.86. The van der Waals surface area contributed by atoms with Crippen LogP contribution in [-0.4, -0.2) is 25.6 Å². The van der Waals surface area contributed by atoms with Crippen LogP contribution in [0.2, 0.25) is 0 Å². The second kappa shape index (κ2) is 4.70. The molecule has 0 aliphatic carbocycles. The van der Waals surface area contributed by atoms with E-state index in [1.807, 2.05) is 0 Å². The van der Waals surface area contributed by atoms with Crippen LogP contribution in [0.5, 0.6) is 0 Å². The van der Waals surface area contributed by atoms with Crippen LogP contribution < -0.4 is 11.2 Å². The van der Waals surface area contributed by atoms with Crippen molar-refractivity contribution < 1.29 is 14.3 Å². The molecule has 2 N–H and O–H groups in total. The zero-order valence-corrected chi connectivity index (χ0v) is 11.6. The fourth-order valence-corrected chi connectivity index (χ4v) is 3.20. The highest BCUT2D eigenvalue weighted by Crippen LogP contribution is 2.34. The monoisotopic (exact) mass is 307 g/mol. The Kier molecular flexibility index (Phi) is 2.98. The summed E-state index contributed by atoms with van der Waals surface area (Å²) in [5.41, 5.74) is -0.796. The number of nitrogens with one attached hydrogen (secondary N) is 1. The highest BCUT2D eigenvalue weighted by Gasteiger charge is 2.19. The molecule has 0 amide bonds. The predicted octanol–water partition coefficient (Wildman–Crippen LogP) is 0.799. The van der Waals surface area contributed by atoms with Crippen molar-refractivity contribution >= 4 is 27.5 Å². The van der Waals surface area contributed by atoms with Crippen molar-refractivity contribution in [3.05, 3.63) is 38.9 Å². The number of hydrogen-bond acceptors (Lipinski definition) is 6. The number of rotatable bonds is 3. The Morgan fingerprint density at radius 2 is 2.29 bits per heavy atom. The number of aliphatic carboxylic acids is 1. The minimum Gasteiger partial charge on any atom is -0.480 e. The van der Waals surface area contributed by atoms with Crippen LogP contribution in [0, 0.1) is 6.92 Å². The van der Waals surface area contributed by atoms with Crippen LogP contribution in [0.25, 0.3) is 21.0 Å². The van der Waals surface area contributed by atoms with Gasteiger partial charge in [0.05, 0.1) is 16.5 Å². The summed E-state index contributed by atoms with van der Waals surface area (Å²) in [6, 6.07) is 0. The van der Waals surface area contributed by atoms with E-state index in [1.54, 1.807) is 6.92 Å². The number of carbonyl (C=O) groups is 1. The third kappa shape index (κ3) is 2.07. The number of carboxylic acid groups (broad SMARTS) is 1. The Morgan fingerprint density at radius 1 is 1.52 bits per heavy atom. The van der Waals surface area contributed by atoms with Crippen LogP contribution in [0.15, 0.2) is 26.5 Å².